The lowest BCUT2D eigenvalue weighted by Crippen LogP contribution is -2.44. The fourth-order valence-corrected chi connectivity index (χ4v) is 2.04. The molecule has 2 atom stereocenters. The number of carbonyl (C=O) groups excluding carboxylic acids is 1. The number of H-pyrrole nitrogens is 1. The number of halogens is 1. The number of β-amino-alcohol motifs (C(OH)–C–C–N with tert-alkyl or cyclic N) is 1. The fourth-order valence-electron chi connectivity index (χ4n) is 1.88. The van der Waals surface area contributed by atoms with Crippen LogP contribution < -0.4 is 5.32 Å². The van der Waals surface area contributed by atoms with Crippen LogP contribution in [0.2, 0.25) is 5.02 Å². The molecule has 5 nitrogen and oxygen atoms in total. The molecule has 6 heteroatoms. The number of likely N-dealkylation sites (N-methyl/N-ethyl adjacent to an activating group) is 1. The highest BCUT2D eigenvalue weighted by Gasteiger charge is 2.31. The Bertz CT molecular complexity index is 393. The van der Waals surface area contributed by atoms with Crippen LogP contribution in [0.4, 0.5) is 0 Å². The summed E-state index contributed by atoms with van der Waals surface area (Å²) in [6.45, 7) is 1.13. The molecule has 0 aromatic carbocycles. The summed E-state index contributed by atoms with van der Waals surface area (Å²) in [6, 6.07) is 1.39. The van der Waals surface area contributed by atoms with Crippen molar-refractivity contribution < 1.29 is 9.90 Å². The van der Waals surface area contributed by atoms with E-state index in [0.717, 1.165) is 0 Å². The Balaban J connectivity index is 2.10. The van der Waals surface area contributed by atoms with Gasteiger partial charge in [-0.1, -0.05) is 11.6 Å². The average Bonchev–Trinajstić information content (AvgIpc) is 2.85. The zero-order valence-electron chi connectivity index (χ0n) is 8.90. The number of aliphatic hydroxyl groups excluding tert-OH is 1. The zero-order valence-corrected chi connectivity index (χ0v) is 9.66. The van der Waals surface area contributed by atoms with E-state index >= 15 is 0 Å². The SMILES string of the molecule is CN(C(=O)c1cc(Cl)c[nH]1)[C@@H]1CNC[C@H]1O. The van der Waals surface area contributed by atoms with Crippen molar-refractivity contribution in [1.82, 2.24) is 15.2 Å². The Morgan fingerprint density at radius 2 is 2.38 bits per heavy atom. The van der Waals surface area contributed by atoms with Gasteiger partial charge in [0.1, 0.15) is 5.69 Å². The van der Waals surface area contributed by atoms with E-state index in [2.05, 4.69) is 10.3 Å². The van der Waals surface area contributed by atoms with Crippen LogP contribution in [0.3, 0.4) is 0 Å². The summed E-state index contributed by atoms with van der Waals surface area (Å²) in [4.78, 5) is 16.3. The van der Waals surface area contributed by atoms with Crippen molar-refractivity contribution in [1.29, 1.82) is 0 Å². The third-order valence-corrected chi connectivity index (χ3v) is 3.07. The summed E-state index contributed by atoms with van der Waals surface area (Å²) in [5.41, 5.74) is 0.437. The molecule has 16 heavy (non-hydrogen) atoms. The number of nitrogens with one attached hydrogen (secondary N) is 2. The van der Waals surface area contributed by atoms with Crippen molar-refractivity contribution in [3.05, 3.63) is 23.0 Å². The van der Waals surface area contributed by atoms with E-state index in [0.29, 0.717) is 23.8 Å². The molecule has 1 aliphatic rings. The van der Waals surface area contributed by atoms with Crippen molar-refractivity contribution in [3.8, 4) is 0 Å². The van der Waals surface area contributed by atoms with Gasteiger partial charge in [0.25, 0.3) is 5.91 Å². The number of amides is 1. The normalized spacial score (nSPS) is 24.7. The van der Waals surface area contributed by atoms with E-state index in [1.165, 1.54) is 4.90 Å². The number of hydrogen-bond donors (Lipinski definition) is 3. The van der Waals surface area contributed by atoms with Crippen LogP contribution in [0.1, 0.15) is 10.5 Å². The first-order valence-corrected chi connectivity index (χ1v) is 5.47. The van der Waals surface area contributed by atoms with Crippen LogP contribution in [-0.4, -0.2) is 53.2 Å². The van der Waals surface area contributed by atoms with Gasteiger partial charge in [0.05, 0.1) is 17.2 Å². The molecule has 1 saturated heterocycles. The predicted molar refractivity (Wildman–Crippen MR) is 60.6 cm³/mol. The van der Waals surface area contributed by atoms with E-state index in [1.54, 1.807) is 19.3 Å². The molecule has 0 saturated carbocycles. The van der Waals surface area contributed by atoms with Crippen molar-refractivity contribution in [2.75, 3.05) is 20.1 Å². The first-order chi connectivity index (χ1) is 7.59. The third kappa shape index (κ3) is 2.07. The lowest BCUT2D eigenvalue weighted by Gasteiger charge is -2.25. The van der Waals surface area contributed by atoms with Crippen LogP contribution in [-0.2, 0) is 0 Å². The maximum absolute atomic E-state index is 12.0. The largest absolute Gasteiger partial charge is 0.390 e. The van der Waals surface area contributed by atoms with Crippen molar-refractivity contribution in [3.63, 3.8) is 0 Å². The minimum Gasteiger partial charge on any atom is -0.390 e. The van der Waals surface area contributed by atoms with Gasteiger partial charge in [-0.3, -0.25) is 4.79 Å². The maximum Gasteiger partial charge on any atom is 0.270 e. The Morgan fingerprint density at radius 1 is 1.62 bits per heavy atom. The summed E-state index contributed by atoms with van der Waals surface area (Å²) in [5.74, 6) is -0.167. The van der Waals surface area contributed by atoms with E-state index in [4.69, 9.17) is 11.6 Å². The number of aromatic nitrogens is 1. The first-order valence-electron chi connectivity index (χ1n) is 5.09. The number of nitrogens with zero attached hydrogens (tertiary/aromatic N) is 1. The summed E-state index contributed by atoms with van der Waals surface area (Å²) in [7, 11) is 1.68. The molecule has 88 valence electrons. The van der Waals surface area contributed by atoms with E-state index in [9.17, 15) is 9.90 Å². The molecule has 0 aliphatic carbocycles. The van der Waals surface area contributed by atoms with Crippen LogP contribution in [0.15, 0.2) is 12.3 Å². The molecule has 1 amide bonds. The van der Waals surface area contributed by atoms with Crippen molar-refractivity contribution >= 4 is 17.5 Å². The number of hydrogen-bond acceptors (Lipinski definition) is 3. The highest BCUT2D eigenvalue weighted by atomic mass is 35.5. The smallest absolute Gasteiger partial charge is 0.270 e. The molecule has 1 aromatic heterocycles. The molecule has 0 bridgehead atoms. The van der Waals surface area contributed by atoms with Gasteiger partial charge in [-0.05, 0) is 6.07 Å². The van der Waals surface area contributed by atoms with Crippen molar-refractivity contribution in [2.45, 2.75) is 12.1 Å². The second-order valence-electron chi connectivity index (χ2n) is 3.94. The lowest BCUT2D eigenvalue weighted by molar-refractivity contribution is 0.0576. The molecule has 0 radical (unpaired) electrons. The highest BCUT2D eigenvalue weighted by molar-refractivity contribution is 6.30. The maximum atomic E-state index is 12.0. The molecule has 2 rings (SSSR count). The molecule has 1 aliphatic heterocycles. The number of rotatable bonds is 2. The topological polar surface area (TPSA) is 68.4 Å². The molecule has 1 fully saturated rings. The second-order valence-corrected chi connectivity index (χ2v) is 4.38. The summed E-state index contributed by atoms with van der Waals surface area (Å²) >= 11 is 5.73. The Hall–Kier alpha value is -1.04. The van der Waals surface area contributed by atoms with Crippen LogP contribution >= 0.6 is 11.6 Å². The predicted octanol–water partition coefficient (Wildman–Crippen LogP) is 0.0728. The molecule has 0 unspecified atom stereocenters. The fraction of sp³-hybridized carbons (Fsp3) is 0.500. The highest BCUT2D eigenvalue weighted by Crippen LogP contribution is 2.14. The van der Waals surface area contributed by atoms with Gasteiger partial charge >= 0.3 is 0 Å². The molecule has 1 aromatic rings. The van der Waals surface area contributed by atoms with Gasteiger partial charge in [-0.25, -0.2) is 0 Å². The van der Waals surface area contributed by atoms with Gasteiger partial charge in [0.2, 0.25) is 0 Å². The van der Waals surface area contributed by atoms with E-state index in [-0.39, 0.29) is 11.9 Å². The van der Waals surface area contributed by atoms with Gasteiger partial charge in [-0.2, -0.15) is 0 Å². The third-order valence-electron chi connectivity index (χ3n) is 2.85. The quantitative estimate of drug-likeness (QED) is 0.689. The number of aromatic amines is 1. The Labute approximate surface area is 98.4 Å². The van der Waals surface area contributed by atoms with Gasteiger partial charge in [0.15, 0.2) is 0 Å². The Kier molecular flexibility index (Phi) is 3.18. The van der Waals surface area contributed by atoms with Crippen LogP contribution in [0.5, 0.6) is 0 Å². The van der Waals surface area contributed by atoms with Crippen molar-refractivity contribution in [2.24, 2.45) is 0 Å². The number of carbonyl (C=O) groups is 1. The molecule has 2 heterocycles. The molecule has 0 spiro atoms. The second kappa shape index (κ2) is 4.45. The minimum absolute atomic E-state index is 0.167. The van der Waals surface area contributed by atoms with Crippen LogP contribution in [0, 0.1) is 0 Å². The lowest BCUT2D eigenvalue weighted by atomic mass is 10.2. The van der Waals surface area contributed by atoms with Gasteiger partial charge < -0.3 is 20.3 Å². The zero-order chi connectivity index (χ0) is 11.7. The Morgan fingerprint density at radius 3 is 2.88 bits per heavy atom. The van der Waals surface area contributed by atoms with Gasteiger partial charge in [0, 0.05) is 26.3 Å². The first kappa shape index (κ1) is 11.4. The molecular weight excluding hydrogens is 230 g/mol. The van der Waals surface area contributed by atoms with Crippen LogP contribution in [0.25, 0.3) is 0 Å². The van der Waals surface area contributed by atoms with E-state index in [1.807, 2.05) is 0 Å². The summed E-state index contributed by atoms with van der Waals surface area (Å²) in [6.07, 6.45) is 1.05. The monoisotopic (exact) mass is 243 g/mol. The van der Waals surface area contributed by atoms with Gasteiger partial charge in [-0.15, -0.1) is 0 Å². The van der Waals surface area contributed by atoms with E-state index < -0.39 is 6.10 Å². The molecule has 3 N–H and O–H groups in total. The summed E-state index contributed by atoms with van der Waals surface area (Å²) in [5, 5.41) is 13.2. The standard InChI is InChI=1S/C10H14ClN3O2/c1-14(8-4-12-5-9(8)15)10(16)7-2-6(11)3-13-7/h2-3,8-9,12-13,15H,4-5H2,1H3/t8-,9-/m1/s1. The summed E-state index contributed by atoms with van der Waals surface area (Å²) < 4.78 is 0. The average molecular weight is 244 g/mol. The minimum atomic E-state index is -0.514. The number of aliphatic hydroxyl groups is 1. The molecular formula is C10H14ClN3O2.